The highest BCUT2D eigenvalue weighted by atomic mass is 35.5. The van der Waals surface area contributed by atoms with Crippen molar-refractivity contribution >= 4 is 34.8 Å². The van der Waals surface area contributed by atoms with Crippen LogP contribution in [0.4, 0.5) is 0 Å². The second-order valence-electron chi connectivity index (χ2n) is 6.58. The number of nitrogens with one attached hydrogen (secondary N) is 1. The minimum absolute atomic E-state index is 0.00440. The van der Waals surface area contributed by atoms with Crippen LogP contribution in [0, 0.1) is 5.92 Å². The molecular formula is C20H23ClN2O2S. The van der Waals surface area contributed by atoms with Crippen LogP contribution in [0.1, 0.15) is 43.4 Å². The topological polar surface area (TPSA) is 49.4 Å². The Labute approximate surface area is 163 Å². The molecule has 2 unspecified atom stereocenters. The van der Waals surface area contributed by atoms with Gasteiger partial charge in [0.15, 0.2) is 0 Å². The molecule has 0 bridgehead atoms. The SMILES string of the molecule is CCC(=O)N1CCCC(C(=O)NC(c2ccc(Cl)cc2)c2ccsc2)C1. The molecule has 138 valence electrons. The Morgan fingerprint density at radius 2 is 2.04 bits per heavy atom. The third-order valence-electron chi connectivity index (χ3n) is 4.81. The van der Waals surface area contributed by atoms with Gasteiger partial charge in [-0.15, -0.1) is 0 Å². The second-order valence-corrected chi connectivity index (χ2v) is 7.80. The number of rotatable bonds is 5. The maximum atomic E-state index is 12.9. The summed E-state index contributed by atoms with van der Waals surface area (Å²) in [5.41, 5.74) is 2.06. The third kappa shape index (κ3) is 4.46. The smallest absolute Gasteiger partial charge is 0.225 e. The summed E-state index contributed by atoms with van der Waals surface area (Å²) in [5.74, 6) is -0.0352. The number of nitrogens with zero attached hydrogens (tertiary/aromatic N) is 1. The first-order valence-electron chi connectivity index (χ1n) is 8.94. The van der Waals surface area contributed by atoms with E-state index in [0.29, 0.717) is 18.0 Å². The van der Waals surface area contributed by atoms with E-state index in [4.69, 9.17) is 11.6 Å². The Balaban J connectivity index is 1.75. The van der Waals surface area contributed by atoms with Crippen molar-refractivity contribution < 1.29 is 9.59 Å². The Bertz CT molecular complexity index is 746. The van der Waals surface area contributed by atoms with Crippen molar-refractivity contribution in [3.63, 3.8) is 0 Å². The average Bonchev–Trinajstić information content (AvgIpc) is 3.20. The Morgan fingerprint density at radius 1 is 1.27 bits per heavy atom. The Hall–Kier alpha value is -1.85. The minimum Gasteiger partial charge on any atom is -0.345 e. The summed E-state index contributed by atoms with van der Waals surface area (Å²) >= 11 is 7.61. The molecule has 1 aliphatic heterocycles. The van der Waals surface area contributed by atoms with Crippen LogP contribution in [0.25, 0.3) is 0 Å². The highest BCUT2D eigenvalue weighted by molar-refractivity contribution is 7.08. The maximum absolute atomic E-state index is 12.9. The van der Waals surface area contributed by atoms with Crippen molar-refractivity contribution in [3.05, 3.63) is 57.2 Å². The van der Waals surface area contributed by atoms with Gasteiger partial charge in [-0.1, -0.05) is 30.7 Å². The molecule has 1 saturated heterocycles. The summed E-state index contributed by atoms with van der Waals surface area (Å²) in [6.07, 6.45) is 2.17. The number of benzene rings is 1. The molecule has 3 rings (SSSR count). The van der Waals surface area contributed by atoms with Gasteiger partial charge >= 0.3 is 0 Å². The molecule has 0 spiro atoms. The molecule has 2 amide bonds. The zero-order chi connectivity index (χ0) is 18.5. The molecule has 1 aliphatic rings. The first kappa shape index (κ1) is 18.9. The number of carbonyl (C=O) groups is 2. The molecule has 1 aromatic heterocycles. The number of hydrogen-bond acceptors (Lipinski definition) is 3. The monoisotopic (exact) mass is 390 g/mol. The predicted molar refractivity (Wildman–Crippen MR) is 105 cm³/mol. The molecule has 26 heavy (non-hydrogen) atoms. The molecule has 0 aliphatic carbocycles. The minimum atomic E-state index is -0.205. The van der Waals surface area contributed by atoms with Crippen molar-refractivity contribution in [3.8, 4) is 0 Å². The molecule has 2 atom stereocenters. The van der Waals surface area contributed by atoms with Crippen LogP contribution in [0.2, 0.25) is 5.02 Å². The van der Waals surface area contributed by atoms with Crippen molar-refractivity contribution in [2.24, 2.45) is 5.92 Å². The van der Waals surface area contributed by atoms with Crippen LogP contribution in [-0.4, -0.2) is 29.8 Å². The van der Waals surface area contributed by atoms with Crippen molar-refractivity contribution in [2.45, 2.75) is 32.2 Å². The fraction of sp³-hybridized carbons (Fsp3) is 0.400. The van der Waals surface area contributed by atoms with Gasteiger partial charge in [0.1, 0.15) is 0 Å². The van der Waals surface area contributed by atoms with Gasteiger partial charge in [0.05, 0.1) is 12.0 Å². The second kappa shape index (κ2) is 8.69. The van der Waals surface area contributed by atoms with Crippen molar-refractivity contribution in [1.82, 2.24) is 10.2 Å². The van der Waals surface area contributed by atoms with Crippen molar-refractivity contribution in [2.75, 3.05) is 13.1 Å². The van der Waals surface area contributed by atoms with E-state index in [1.54, 1.807) is 11.3 Å². The summed E-state index contributed by atoms with van der Waals surface area (Å²) < 4.78 is 0. The molecule has 4 nitrogen and oxygen atoms in total. The lowest BCUT2D eigenvalue weighted by atomic mass is 9.95. The van der Waals surface area contributed by atoms with Crippen LogP contribution >= 0.6 is 22.9 Å². The molecule has 1 aromatic carbocycles. The van der Waals surface area contributed by atoms with Gasteiger partial charge in [-0.3, -0.25) is 9.59 Å². The summed E-state index contributed by atoms with van der Waals surface area (Å²) in [4.78, 5) is 26.7. The lowest BCUT2D eigenvalue weighted by Gasteiger charge is -2.33. The fourth-order valence-corrected chi connectivity index (χ4v) is 4.17. The summed E-state index contributed by atoms with van der Waals surface area (Å²) in [5, 5.41) is 7.92. The van der Waals surface area contributed by atoms with E-state index in [9.17, 15) is 9.59 Å². The number of amides is 2. The largest absolute Gasteiger partial charge is 0.345 e. The standard InChI is InChI=1S/C20H23ClN2O2S/c1-2-18(24)23-10-3-4-15(12-23)20(25)22-19(16-9-11-26-13-16)14-5-7-17(21)8-6-14/h5-9,11,13,15,19H,2-4,10,12H2,1H3,(H,22,25). The lowest BCUT2D eigenvalue weighted by Crippen LogP contribution is -2.46. The number of piperidine rings is 1. The van der Waals surface area contributed by atoms with Crippen LogP contribution in [0.5, 0.6) is 0 Å². The van der Waals surface area contributed by atoms with E-state index in [2.05, 4.69) is 5.32 Å². The Kier molecular flexibility index (Phi) is 6.33. The van der Waals surface area contributed by atoms with Crippen molar-refractivity contribution in [1.29, 1.82) is 0 Å². The lowest BCUT2D eigenvalue weighted by molar-refractivity contribution is -0.135. The molecule has 6 heteroatoms. The van der Waals surface area contributed by atoms with Crippen LogP contribution in [0.15, 0.2) is 41.1 Å². The van der Waals surface area contributed by atoms with Crippen LogP contribution < -0.4 is 5.32 Å². The van der Waals surface area contributed by atoms with Gasteiger partial charge in [0, 0.05) is 24.5 Å². The van der Waals surface area contributed by atoms with Crippen LogP contribution in [0.3, 0.4) is 0 Å². The molecule has 1 fully saturated rings. The van der Waals surface area contributed by atoms with Gasteiger partial charge in [-0.2, -0.15) is 11.3 Å². The average molecular weight is 391 g/mol. The number of thiophene rings is 1. The van der Waals surface area contributed by atoms with E-state index in [1.165, 1.54) is 0 Å². The molecule has 2 aromatic rings. The van der Waals surface area contributed by atoms with E-state index >= 15 is 0 Å². The molecule has 2 heterocycles. The highest BCUT2D eigenvalue weighted by Crippen LogP contribution is 2.27. The van der Waals surface area contributed by atoms with E-state index in [1.807, 2.05) is 52.9 Å². The number of hydrogen-bond donors (Lipinski definition) is 1. The van der Waals surface area contributed by atoms with E-state index in [-0.39, 0.29) is 23.8 Å². The molecule has 0 saturated carbocycles. The number of halogens is 1. The quantitative estimate of drug-likeness (QED) is 0.829. The maximum Gasteiger partial charge on any atom is 0.225 e. The fourth-order valence-electron chi connectivity index (χ4n) is 3.35. The van der Waals surface area contributed by atoms with Gasteiger partial charge in [-0.25, -0.2) is 0 Å². The first-order valence-corrected chi connectivity index (χ1v) is 10.3. The Morgan fingerprint density at radius 3 is 2.69 bits per heavy atom. The van der Waals surface area contributed by atoms with Gasteiger partial charge < -0.3 is 10.2 Å². The van der Waals surface area contributed by atoms with Gasteiger partial charge in [-0.05, 0) is 52.9 Å². The molecular weight excluding hydrogens is 368 g/mol. The predicted octanol–water partition coefficient (Wildman–Crippen LogP) is 4.26. The molecule has 1 N–H and O–H groups in total. The zero-order valence-electron chi connectivity index (χ0n) is 14.8. The summed E-state index contributed by atoms with van der Waals surface area (Å²) in [6, 6.07) is 9.38. The molecule has 0 radical (unpaired) electrons. The summed E-state index contributed by atoms with van der Waals surface area (Å²) in [7, 11) is 0. The zero-order valence-corrected chi connectivity index (χ0v) is 16.4. The van der Waals surface area contributed by atoms with E-state index < -0.39 is 0 Å². The third-order valence-corrected chi connectivity index (χ3v) is 5.77. The van der Waals surface area contributed by atoms with Gasteiger partial charge in [0.25, 0.3) is 0 Å². The van der Waals surface area contributed by atoms with Gasteiger partial charge in [0.2, 0.25) is 11.8 Å². The first-order chi connectivity index (χ1) is 12.6. The normalized spacial score (nSPS) is 18.4. The van der Waals surface area contributed by atoms with Crippen LogP contribution in [-0.2, 0) is 9.59 Å². The number of carbonyl (C=O) groups excluding carboxylic acids is 2. The highest BCUT2D eigenvalue weighted by Gasteiger charge is 2.29. The summed E-state index contributed by atoms with van der Waals surface area (Å²) in [6.45, 7) is 3.12. The van der Waals surface area contributed by atoms with E-state index in [0.717, 1.165) is 30.5 Å². The number of likely N-dealkylation sites (tertiary alicyclic amines) is 1.